The van der Waals surface area contributed by atoms with Crippen molar-refractivity contribution in [2.75, 3.05) is 25.0 Å². The number of rotatable bonds is 6. The predicted octanol–water partition coefficient (Wildman–Crippen LogP) is 1.69. The van der Waals surface area contributed by atoms with E-state index in [9.17, 15) is 9.90 Å². The molecule has 0 aliphatic heterocycles. The molecule has 21 heavy (non-hydrogen) atoms. The number of para-hydroxylation sites is 1. The van der Waals surface area contributed by atoms with E-state index in [2.05, 4.69) is 10.3 Å². The average Bonchev–Trinajstić information content (AvgIpc) is 2.51. The van der Waals surface area contributed by atoms with Crippen LogP contribution in [-0.2, 0) is 11.4 Å². The van der Waals surface area contributed by atoms with Crippen LogP contribution in [0.1, 0.15) is 18.9 Å². The van der Waals surface area contributed by atoms with Gasteiger partial charge in [-0.25, -0.2) is 4.98 Å². The maximum atomic E-state index is 11.8. The van der Waals surface area contributed by atoms with Crippen LogP contribution >= 0.6 is 0 Å². The summed E-state index contributed by atoms with van der Waals surface area (Å²) in [6.45, 7) is 2.80. The van der Waals surface area contributed by atoms with Gasteiger partial charge in [0, 0.05) is 24.5 Å². The fraction of sp³-hybridized carbons (Fsp3) is 0.375. The quantitative estimate of drug-likeness (QED) is 0.848. The molecule has 0 atom stereocenters. The van der Waals surface area contributed by atoms with Crippen molar-refractivity contribution in [3.05, 3.63) is 35.9 Å². The Hall–Kier alpha value is -2.14. The van der Waals surface area contributed by atoms with Crippen LogP contribution in [0.4, 0.5) is 5.82 Å². The number of aliphatic hydroxyl groups is 1. The summed E-state index contributed by atoms with van der Waals surface area (Å²) >= 11 is 0. The van der Waals surface area contributed by atoms with E-state index in [0.29, 0.717) is 12.4 Å². The van der Waals surface area contributed by atoms with Gasteiger partial charge in [-0.1, -0.05) is 25.1 Å². The first kappa shape index (κ1) is 15.3. The highest BCUT2D eigenvalue weighted by Gasteiger charge is 2.13. The number of pyridine rings is 1. The number of carbonyl (C=O) groups is 1. The Labute approximate surface area is 124 Å². The molecule has 0 saturated carbocycles. The first-order valence-electron chi connectivity index (χ1n) is 7.13. The number of carbonyl (C=O) groups excluding carboxylic acids is 1. The molecular formula is C16H21N3O2. The van der Waals surface area contributed by atoms with Crippen LogP contribution in [-0.4, -0.2) is 36.1 Å². The fourth-order valence-electron chi connectivity index (χ4n) is 2.21. The molecule has 1 aromatic carbocycles. The molecule has 0 aliphatic rings. The summed E-state index contributed by atoms with van der Waals surface area (Å²) in [5, 5.41) is 13.4. The van der Waals surface area contributed by atoms with Crippen LogP contribution in [0.15, 0.2) is 30.3 Å². The molecule has 1 aromatic heterocycles. The zero-order valence-corrected chi connectivity index (χ0v) is 12.5. The van der Waals surface area contributed by atoms with Gasteiger partial charge in [-0.3, -0.25) is 4.79 Å². The third-order valence-corrected chi connectivity index (χ3v) is 3.26. The Kier molecular flexibility index (Phi) is 5.11. The van der Waals surface area contributed by atoms with Crippen LogP contribution in [0.3, 0.4) is 0 Å². The van der Waals surface area contributed by atoms with E-state index in [0.717, 1.165) is 22.9 Å². The molecule has 0 saturated heterocycles. The van der Waals surface area contributed by atoms with Crippen molar-refractivity contribution in [3.8, 4) is 0 Å². The number of fused-ring (bicyclic) bond motifs is 1. The summed E-state index contributed by atoms with van der Waals surface area (Å²) in [6, 6.07) is 9.65. The van der Waals surface area contributed by atoms with Crippen molar-refractivity contribution < 1.29 is 9.90 Å². The number of hydrogen-bond acceptors (Lipinski definition) is 4. The van der Waals surface area contributed by atoms with Crippen LogP contribution in [0.25, 0.3) is 10.9 Å². The maximum absolute atomic E-state index is 11.8. The van der Waals surface area contributed by atoms with Gasteiger partial charge in [0.25, 0.3) is 0 Å². The zero-order valence-electron chi connectivity index (χ0n) is 12.5. The molecule has 0 bridgehead atoms. The van der Waals surface area contributed by atoms with Crippen molar-refractivity contribution >= 4 is 22.6 Å². The van der Waals surface area contributed by atoms with Crippen LogP contribution in [0.5, 0.6) is 0 Å². The molecule has 1 amide bonds. The Morgan fingerprint density at radius 2 is 2.14 bits per heavy atom. The lowest BCUT2D eigenvalue weighted by molar-refractivity contribution is -0.119. The van der Waals surface area contributed by atoms with Gasteiger partial charge in [0.2, 0.25) is 5.91 Å². The van der Waals surface area contributed by atoms with E-state index in [1.165, 1.54) is 0 Å². The minimum absolute atomic E-state index is 0.0433. The topological polar surface area (TPSA) is 65.5 Å². The largest absolute Gasteiger partial charge is 0.392 e. The molecule has 112 valence electrons. The second-order valence-corrected chi connectivity index (χ2v) is 5.03. The van der Waals surface area contributed by atoms with Crippen molar-refractivity contribution in [1.82, 2.24) is 10.3 Å². The summed E-state index contributed by atoms with van der Waals surface area (Å²) in [7, 11) is 1.81. The number of benzene rings is 1. The van der Waals surface area contributed by atoms with Gasteiger partial charge in [-0.2, -0.15) is 0 Å². The van der Waals surface area contributed by atoms with Gasteiger partial charge >= 0.3 is 0 Å². The lowest BCUT2D eigenvalue weighted by Gasteiger charge is -2.20. The fourth-order valence-corrected chi connectivity index (χ4v) is 2.21. The molecule has 5 heteroatoms. The third-order valence-electron chi connectivity index (χ3n) is 3.26. The van der Waals surface area contributed by atoms with E-state index in [1.807, 2.05) is 44.3 Å². The summed E-state index contributed by atoms with van der Waals surface area (Å²) in [4.78, 5) is 18.1. The summed E-state index contributed by atoms with van der Waals surface area (Å²) in [6.07, 6.45) is 0.908. The first-order chi connectivity index (χ1) is 10.2. The highest BCUT2D eigenvalue weighted by Crippen LogP contribution is 2.22. The van der Waals surface area contributed by atoms with Crippen LogP contribution in [0.2, 0.25) is 0 Å². The number of anilines is 1. The molecule has 2 aromatic rings. The first-order valence-corrected chi connectivity index (χ1v) is 7.13. The van der Waals surface area contributed by atoms with Crippen LogP contribution in [0, 0.1) is 0 Å². The number of hydrogen-bond donors (Lipinski definition) is 2. The molecule has 0 spiro atoms. The van der Waals surface area contributed by atoms with Gasteiger partial charge in [-0.05, 0) is 18.6 Å². The molecule has 0 aliphatic carbocycles. The SMILES string of the molecule is CCCNC(=O)CN(C)c1nc2ccccc2cc1CO. The normalized spacial score (nSPS) is 10.6. The molecule has 0 radical (unpaired) electrons. The molecule has 2 rings (SSSR count). The Balaban J connectivity index is 2.24. The smallest absolute Gasteiger partial charge is 0.239 e. The van der Waals surface area contributed by atoms with Crippen molar-refractivity contribution in [2.45, 2.75) is 20.0 Å². The van der Waals surface area contributed by atoms with Gasteiger partial charge < -0.3 is 15.3 Å². The molecule has 5 nitrogen and oxygen atoms in total. The van der Waals surface area contributed by atoms with Gasteiger partial charge in [0.1, 0.15) is 5.82 Å². The highest BCUT2D eigenvalue weighted by atomic mass is 16.3. The van der Waals surface area contributed by atoms with E-state index in [4.69, 9.17) is 0 Å². The van der Waals surface area contributed by atoms with E-state index >= 15 is 0 Å². The second kappa shape index (κ2) is 7.04. The number of likely N-dealkylation sites (N-methyl/N-ethyl adjacent to an activating group) is 1. The monoisotopic (exact) mass is 287 g/mol. The van der Waals surface area contributed by atoms with Crippen LogP contribution < -0.4 is 10.2 Å². The molecule has 0 fully saturated rings. The summed E-state index contributed by atoms with van der Waals surface area (Å²) in [5.41, 5.74) is 1.57. The number of aromatic nitrogens is 1. The summed E-state index contributed by atoms with van der Waals surface area (Å²) < 4.78 is 0. The molecule has 1 heterocycles. The lowest BCUT2D eigenvalue weighted by Crippen LogP contribution is -2.36. The molecule has 2 N–H and O–H groups in total. The van der Waals surface area contributed by atoms with Gasteiger partial charge in [0.15, 0.2) is 0 Å². The van der Waals surface area contributed by atoms with Gasteiger partial charge in [-0.15, -0.1) is 0 Å². The standard InChI is InChI=1S/C16H21N3O2/c1-3-8-17-15(21)10-19(2)16-13(11-20)9-12-6-4-5-7-14(12)18-16/h4-7,9,20H,3,8,10-11H2,1-2H3,(H,17,21). The highest BCUT2D eigenvalue weighted by molar-refractivity contribution is 5.84. The third kappa shape index (κ3) is 3.70. The Morgan fingerprint density at radius 3 is 2.86 bits per heavy atom. The number of nitrogens with zero attached hydrogens (tertiary/aromatic N) is 2. The number of aliphatic hydroxyl groups excluding tert-OH is 1. The minimum atomic E-state index is -0.103. The molecular weight excluding hydrogens is 266 g/mol. The predicted molar refractivity (Wildman–Crippen MR) is 84.2 cm³/mol. The Bertz CT molecular complexity index is 628. The Morgan fingerprint density at radius 1 is 1.38 bits per heavy atom. The van der Waals surface area contributed by atoms with Crippen molar-refractivity contribution in [3.63, 3.8) is 0 Å². The van der Waals surface area contributed by atoms with Crippen molar-refractivity contribution in [2.24, 2.45) is 0 Å². The minimum Gasteiger partial charge on any atom is -0.392 e. The van der Waals surface area contributed by atoms with E-state index in [1.54, 1.807) is 4.90 Å². The van der Waals surface area contributed by atoms with Gasteiger partial charge in [0.05, 0.1) is 18.7 Å². The number of amides is 1. The van der Waals surface area contributed by atoms with Crippen molar-refractivity contribution in [1.29, 1.82) is 0 Å². The summed E-state index contributed by atoms with van der Waals surface area (Å²) in [5.74, 6) is 0.598. The molecule has 0 unspecified atom stereocenters. The number of nitrogens with one attached hydrogen (secondary N) is 1. The van der Waals surface area contributed by atoms with E-state index in [-0.39, 0.29) is 19.1 Å². The lowest BCUT2D eigenvalue weighted by atomic mass is 10.1. The zero-order chi connectivity index (χ0) is 15.2. The second-order valence-electron chi connectivity index (χ2n) is 5.03. The maximum Gasteiger partial charge on any atom is 0.239 e. The van der Waals surface area contributed by atoms with E-state index < -0.39 is 0 Å². The average molecular weight is 287 g/mol.